The molecule has 0 saturated carbocycles. The summed E-state index contributed by atoms with van der Waals surface area (Å²) in [6, 6.07) is -0.389. The van der Waals surface area contributed by atoms with Crippen molar-refractivity contribution < 1.29 is 4.79 Å². The molecular weight excluding hydrogens is 202 g/mol. The van der Waals surface area contributed by atoms with Crippen LogP contribution in [-0.4, -0.2) is 30.6 Å². The van der Waals surface area contributed by atoms with Crippen LogP contribution in [0.4, 0.5) is 0 Å². The monoisotopic (exact) mass is 229 g/mol. The van der Waals surface area contributed by atoms with E-state index >= 15 is 0 Å². The van der Waals surface area contributed by atoms with Gasteiger partial charge in [-0.2, -0.15) is 0 Å². The number of nitrogens with one attached hydrogen (secondary N) is 2. The van der Waals surface area contributed by atoms with Gasteiger partial charge in [0.15, 0.2) is 0 Å². The van der Waals surface area contributed by atoms with Crippen LogP contribution in [-0.2, 0) is 4.79 Å². The summed E-state index contributed by atoms with van der Waals surface area (Å²) in [6.45, 7) is 11.7. The van der Waals surface area contributed by atoms with Crippen molar-refractivity contribution >= 4 is 5.91 Å². The van der Waals surface area contributed by atoms with Gasteiger partial charge in [-0.15, -0.1) is 0 Å². The van der Waals surface area contributed by atoms with Crippen LogP contribution in [0, 0.1) is 5.92 Å². The topological polar surface area (TPSA) is 67.2 Å². The van der Waals surface area contributed by atoms with Gasteiger partial charge in [0.25, 0.3) is 0 Å². The average molecular weight is 229 g/mol. The fourth-order valence-corrected chi connectivity index (χ4v) is 1.25. The zero-order valence-corrected chi connectivity index (χ0v) is 11.3. The van der Waals surface area contributed by atoms with Gasteiger partial charge in [0.05, 0.1) is 6.04 Å². The Kier molecular flexibility index (Phi) is 6.60. The molecule has 0 bridgehead atoms. The maximum Gasteiger partial charge on any atom is 0.237 e. The lowest BCUT2D eigenvalue weighted by Gasteiger charge is -2.22. The lowest BCUT2D eigenvalue weighted by Crippen LogP contribution is -2.47. The van der Waals surface area contributed by atoms with Gasteiger partial charge in [-0.3, -0.25) is 4.79 Å². The summed E-state index contributed by atoms with van der Waals surface area (Å²) < 4.78 is 0. The summed E-state index contributed by atoms with van der Waals surface area (Å²) >= 11 is 0. The highest BCUT2D eigenvalue weighted by atomic mass is 16.2. The van der Waals surface area contributed by atoms with Crippen LogP contribution < -0.4 is 16.4 Å². The predicted molar refractivity (Wildman–Crippen MR) is 68.2 cm³/mol. The molecule has 4 heteroatoms. The third kappa shape index (κ3) is 6.80. The molecule has 0 radical (unpaired) electrons. The maximum atomic E-state index is 11.6. The third-order valence-corrected chi connectivity index (χ3v) is 2.64. The lowest BCUT2D eigenvalue weighted by atomic mass is 9.99. The number of rotatable bonds is 6. The van der Waals surface area contributed by atoms with Gasteiger partial charge in [-0.25, -0.2) is 0 Å². The zero-order valence-electron chi connectivity index (χ0n) is 11.3. The van der Waals surface area contributed by atoms with E-state index in [1.807, 2.05) is 13.8 Å². The molecule has 0 fully saturated rings. The average Bonchev–Trinajstić information content (AvgIpc) is 2.20. The first kappa shape index (κ1) is 15.4. The SMILES string of the molecule is CCC(C)C(N)C(=O)NCCNC(C)(C)C. The molecule has 0 spiro atoms. The molecule has 0 aromatic carbocycles. The Morgan fingerprint density at radius 2 is 1.88 bits per heavy atom. The molecule has 96 valence electrons. The Hall–Kier alpha value is -0.610. The summed E-state index contributed by atoms with van der Waals surface area (Å²) in [5.74, 6) is 0.181. The van der Waals surface area contributed by atoms with Crippen LogP contribution in [0.1, 0.15) is 41.0 Å². The molecule has 0 aromatic heterocycles. The summed E-state index contributed by atoms with van der Waals surface area (Å²) in [6.07, 6.45) is 0.925. The zero-order chi connectivity index (χ0) is 12.8. The van der Waals surface area contributed by atoms with Gasteiger partial charge >= 0.3 is 0 Å². The number of nitrogens with two attached hydrogens (primary N) is 1. The van der Waals surface area contributed by atoms with Crippen molar-refractivity contribution in [3.05, 3.63) is 0 Å². The van der Waals surface area contributed by atoms with E-state index in [2.05, 4.69) is 31.4 Å². The normalized spacial score (nSPS) is 15.6. The van der Waals surface area contributed by atoms with E-state index < -0.39 is 0 Å². The van der Waals surface area contributed by atoms with Gasteiger partial charge in [0.2, 0.25) is 5.91 Å². The largest absolute Gasteiger partial charge is 0.353 e. The predicted octanol–water partition coefficient (Wildman–Crippen LogP) is 0.864. The van der Waals surface area contributed by atoms with Gasteiger partial charge in [-0.05, 0) is 26.7 Å². The molecule has 0 aliphatic rings. The van der Waals surface area contributed by atoms with E-state index in [-0.39, 0.29) is 23.4 Å². The number of amides is 1. The summed E-state index contributed by atoms with van der Waals surface area (Å²) in [5.41, 5.74) is 5.89. The first-order valence-corrected chi connectivity index (χ1v) is 6.06. The first-order chi connectivity index (χ1) is 7.28. The molecule has 0 aromatic rings. The maximum absolute atomic E-state index is 11.6. The fraction of sp³-hybridized carbons (Fsp3) is 0.917. The minimum Gasteiger partial charge on any atom is -0.353 e. The van der Waals surface area contributed by atoms with Crippen LogP contribution in [0.2, 0.25) is 0 Å². The van der Waals surface area contributed by atoms with Crippen molar-refractivity contribution in [1.82, 2.24) is 10.6 Å². The second-order valence-electron chi connectivity index (χ2n) is 5.38. The minimum absolute atomic E-state index is 0.0509. The van der Waals surface area contributed by atoms with Crippen molar-refractivity contribution in [3.63, 3.8) is 0 Å². The van der Waals surface area contributed by atoms with E-state index in [0.717, 1.165) is 13.0 Å². The van der Waals surface area contributed by atoms with Crippen molar-refractivity contribution in [1.29, 1.82) is 0 Å². The number of hydrogen-bond acceptors (Lipinski definition) is 3. The molecule has 0 saturated heterocycles. The van der Waals surface area contributed by atoms with Crippen molar-refractivity contribution in [3.8, 4) is 0 Å². The number of carbonyl (C=O) groups is 1. The molecule has 2 unspecified atom stereocenters. The Morgan fingerprint density at radius 1 is 1.31 bits per heavy atom. The molecule has 16 heavy (non-hydrogen) atoms. The van der Waals surface area contributed by atoms with Crippen LogP contribution in [0.5, 0.6) is 0 Å². The minimum atomic E-state index is -0.389. The Morgan fingerprint density at radius 3 is 2.31 bits per heavy atom. The smallest absolute Gasteiger partial charge is 0.237 e. The van der Waals surface area contributed by atoms with Crippen molar-refractivity contribution in [2.24, 2.45) is 11.7 Å². The van der Waals surface area contributed by atoms with Gasteiger partial charge in [0, 0.05) is 18.6 Å². The van der Waals surface area contributed by atoms with Crippen molar-refractivity contribution in [2.45, 2.75) is 52.6 Å². The highest BCUT2D eigenvalue weighted by molar-refractivity contribution is 5.81. The van der Waals surface area contributed by atoms with Crippen LogP contribution in [0.3, 0.4) is 0 Å². The van der Waals surface area contributed by atoms with Gasteiger partial charge in [-0.1, -0.05) is 20.3 Å². The van der Waals surface area contributed by atoms with Crippen molar-refractivity contribution in [2.75, 3.05) is 13.1 Å². The first-order valence-electron chi connectivity index (χ1n) is 6.06. The molecule has 4 nitrogen and oxygen atoms in total. The van der Waals surface area contributed by atoms with Crippen LogP contribution in [0.25, 0.3) is 0 Å². The molecule has 2 atom stereocenters. The summed E-state index contributed by atoms with van der Waals surface area (Å²) in [7, 11) is 0. The van der Waals surface area contributed by atoms with E-state index in [0.29, 0.717) is 6.54 Å². The van der Waals surface area contributed by atoms with E-state index in [1.165, 1.54) is 0 Å². The van der Waals surface area contributed by atoms with E-state index in [1.54, 1.807) is 0 Å². The molecule has 1 amide bonds. The quantitative estimate of drug-likeness (QED) is 0.592. The van der Waals surface area contributed by atoms with Crippen LogP contribution >= 0.6 is 0 Å². The van der Waals surface area contributed by atoms with Crippen LogP contribution in [0.15, 0.2) is 0 Å². The molecule has 4 N–H and O–H groups in total. The van der Waals surface area contributed by atoms with Gasteiger partial charge < -0.3 is 16.4 Å². The molecule has 0 aliphatic heterocycles. The Balaban J connectivity index is 3.74. The Bertz CT molecular complexity index is 211. The highest BCUT2D eigenvalue weighted by Gasteiger charge is 2.18. The fourth-order valence-electron chi connectivity index (χ4n) is 1.25. The number of hydrogen-bond donors (Lipinski definition) is 3. The third-order valence-electron chi connectivity index (χ3n) is 2.64. The Labute approximate surface area is 99.4 Å². The molecule has 0 heterocycles. The molecule has 0 rings (SSSR count). The molecule has 0 aliphatic carbocycles. The number of carbonyl (C=O) groups excluding carboxylic acids is 1. The standard InChI is InChI=1S/C12H27N3O/c1-6-9(2)10(13)11(16)14-7-8-15-12(3,4)5/h9-10,15H,6-8,13H2,1-5H3,(H,14,16). The summed E-state index contributed by atoms with van der Waals surface area (Å²) in [4.78, 5) is 11.6. The molecular formula is C12H27N3O. The highest BCUT2D eigenvalue weighted by Crippen LogP contribution is 2.04. The van der Waals surface area contributed by atoms with E-state index in [9.17, 15) is 4.79 Å². The van der Waals surface area contributed by atoms with Gasteiger partial charge in [0.1, 0.15) is 0 Å². The van der Waals surface area contributed by atoms with E-state index in [4.69, 9.17) is 5.73 Å². The second kappa shape index (κ2) is 6.86. The summed E-state index contributed by atoms with van der Waals surface area (Å²) in [5, 5.41) is 6.15. The lowest BCUT2D eigenvalue weighted by molar-refractivity contribution is -0.123. The second-order valence-corrected chi connectivity index (χ2v) is 5.38.